The van der Waals surface area contributed by atoms with Crippen LogP contribution in [0, 0.1) is 0 Å². The Balaban J connectivity index is 0.00000117. The minimum Gasteiger partial charge on any atom is -0.0683 e. The topological polar surface area (TPSA) is 0 Å². The summed E-state index contributed by atoms with van der Waals surface area (Å²) in [7, 11) is 0. The maximum Gasteiger partial charge on any atom is 0.0175 e. The number of rotatable bonds is 3. The summed E-state index contributed by atoms with van der Waals surface area (Å²) in [6.45, 7) is 4.00. The van der Waals surface area contributed by atoms with Gasteiger partial charge in [-0.25, -0.2) is 0 Å². The van der Waals surface area contributed by atoms with Crippen LogP contribution in [-0.2, 0) is 0 Å². The summed E-state index contributed by atoms with van der Waals surface area (Å²) in [5, 5.41) is 0. The summed E-state index contributed by atoms with van der Waals surface area (Å²) in [6.07, 6.45) is 0. The lowest BCUT2D eigenvalue weighted by Gasteiger charge is -2.12. The van der Waals surface area contributed by atoms with Gasteiger partial charge in [0.2, 0.25) is 0 Å². The minimum absolute atomic E-state index is 1.09. The molecule has 0 nitrogen and oxygen atoms in total. The van der Waals surface area contributed by atoms with Gasteiger partial charge in [0.05, 0.1) is 0 Å². The van der Waals surface area contributed by atoms with E-state index in [-0.39, 0.29) is 0 Å². The van der Waals surface area contributed by atoms with E-state index in [0.717, 1.165) is 13.4 Å². The predicted molar refractivity (Wildman–Crippen MR) is 137 cm³/mol. The average Bonchev–Trinajstić information content (AvgIpc) is 2.76. The van der Waals surface area contributed by atoms with Crippen molar-refractivity contribution in [3.8, 4) is 33.4 Å². The summed E-state index contributed by atoms with van der Waals surface area (Å²) in [5.41, 5.74) is 7.24. The van der Waals surface area contributed by atoms with Gasteiger partial charge in [-0.2, -0.15) is 0 Å². The Hall–Kier alpha value is -1.68. The van der Waals surface area contributed by atoms with E-state index < -0.39 is 0 Å². The molecule has 0 aliphatic heterocycles. The molecule has 0 bridgehead atoms. The molecule has 0 spiro atoms. The third-order valence-electron chi connectivity index (χ3n) is 4.47. The van der Waals surface area contributed by atoms with Crippen LogP contribution in [-0.4, -0.2) is 0 Å². The zero-order valence-corrected chi connectivity index (χ0v) is 21.1. The lowest BCUT2D eigenvalue weighted by atomic mass is 9.93. The Morgan fingerprint density at radius 1 is 0.345 bits per heavy atom. The molecule has 0 saturated heterocycles. The van der Waals surface area contributed by atoms with Crippen LogP contribution in [0.2, 0.25) is 0 Å². The van der Waals surface area contributed by atoms with Crippen molar-refractivity contribution in [1.29, 1.82) is 0 Å². The highest BCUT2D eigenvalue weighted by molar-refractivity contribution is 9.11. The van der Waals surface area contributed by atoms with Crippen LogP contribution in [0.25, 0.3) is 33.4 Å². The molecule has 0 atom stereocenters. The Morgan fingerprint density at radius 2 is 0.552 bits per heavy atom. The predicted octanol–water partition coefficient (Wildman–Crippen LogP) is 10.0. The van der Waals surface area contributed by atoms with Crippen LogP contribution in [0.15, 0.2) is 104 Å². The molecular weight excluding hydrogens is 552 g/mol. The van der Waals surface area contributed by atoms with E-state index in [0.29, 0.717) is 0 Å². The summed E-state index contributed by atoms with van der Waals surface area (Å²) in [4.78, 5) is 0. The first-order valence-corrected chi connectivity index (χ1v) is 11.9. The first kappa shape index (κ1) is 22.0. The SMILES string of the molecule is Brc1ccc(-c2cc(-c3ccc(Br)cc3)cc(-c3ccc(Br)cc3)c2)cc1.CC. The Bertz CT molecular complexity index is 911. The van der Waals surface area contributed by atoms with Crippen molar-refractivity contribution in [2.45, 2.75) is 13.8 Å². The van der Waals surface area contributed by atoms with Crippen molar-refractivity contribution in [3.63, 3.8) is 0 Å². The highest BCUT2D eigenvalue weighted by Gasteiger charge is 2.08. The quantitative estimate of drug-likeness (QED) is 0.229. The first-order chi connectivity index (χ1) is 14.1. The van der Waals surface area contributed by atoms with Gasteiger partial charge in [0.15, 0.2) is 0 Å². The third kappa shape index (κ3) is 5.69. The van der Waals surface area contributed by atoms with Gasteiger partial charge in [-0.05, 0) is 88.0 Å². The smallest absolute Gasteiger partial charge is 0.0175 e. The number of benzene rings is 4. The monoisotopic (exact) mass is 570 g/mol. The molecule has 0 N–H and O–H groups in total. The molecule has 0 fully saturated rings. The molecule has 0 saturated carbocycles. The van der Waals surface area contributed by atoms with Gasteiger partial charge < -0.3 is 0 Å². The lowest BCUT2D eigenvalue weighted by Crippen LogP contribution is -1.86. The Labute approximate surface area is 198 Å². The normalized spacial score (nSPS) is 10.2. The van der Waals surface area contributed by atoms with Gasteiger partial charge in [0.1, 0.15) is 0 Å². The summed E-state index contributed by atoms with van der Waals surface area (Å²) in [5.74, 6) is 0. The number of hydrogen-bond acceptors (Lipinski definition) is 0. The molecule has 0 aromatic heterocycles. The van der Waals surface area contributed by atoms with Crippen LogP contribution >= 0.6 is 47.8 Å². The fourth-order valence-electron chi connectivity index (χ4n) is 3.05. The van der Waals surface area contributed by atoms with E-state index >= 15 is 0 Å². The molecular formula is C26H21Br3. The van der Waals surface area contributed by atoms with E-state index in [4.69, 9.17) is 0 Å². The van der Waals surface area contributed by atoms with Gasteiger partial charge in [-0.1, -0.05) is 98.0 Å². The third-order valence-corrected chi connectivity index (χ3v) is 6.05. The fourth-order valence-corrected chi connectivity index (χ4v) is 3.85. The first-order valence-electron chi connectivity index (χ1n) is 9.51. The molecule has 0 aliphatic carbocycles. The van der Waals surface area contributed by atoms with Gasteiger partial charge in [-0.3, -0.25) is 0 Å². The standard InChI is InChI=1S/C24H15Br3.C2H6/c25-22-7-1-16(2-8-22)19-13-20(17-3-9-23(26)10-4-17)15-21(14-19)18-5-11-24(27)12-6-18;1-2/h1-15H;1-2H3. The molecule has 0 aliphatic rings. The molecule has 146 valence electrons. The van der Waals surface area contributed by atoms with E-state index in [1.807, 2.05) is 13.8 Å². The van der Waals surface area contributed by atoms with Crippen LogP contribution in [0.4, 0.5) is 0 Å². The largest absolute Gasteiger partial charge is 0.0683 e. The minimum atomic E-state index is 1.09. The molecule has 4 aromatic carbocycles. The zero-order chi connectivity index (χ0) is 20.8. The second-order valence-corrected chi connectivity index (χ2v) is 9.07. The van der Waals surface area contributed by atoms with E-state index in [1.165, 1.54) is 33.4 Å². The molecule has 29 heavy (non-hydrogen) atoms. The maximum atomic E-state index is 3.52. The van der Waals surface area contributed by atoms with Gasteiger partial charge >= 0.3 is 0 Å². The van der Waals surface area contributed by atoms with E-state index in [9.17, 15) is 0 Å². The number of hydrogen-bond donors (Lipinski definition) is 0. The fraction of sp³-hybridized carbons (Fsp3) is 0.0769. The van der Waals surface area contributed by atoms with Crippen molar-refractivity contribution < 1.29 is 0 Å². The molecule has 3 heteroatoms. The summed E-state index contributed by atoms with van der Waals surface area (Å²) >= 11 is 10.6. The van der Waals surface area contributed by atoms with Crippen LogP contribution < -0.4 is 0 Å². The van der Waals surface area contributed by atoms with Crippen molar-refractivity contribution in [3.05, 3.63) is 104 Å². The zero-order valence-electron chi connectivity index (χ0n) is 16.3. The van der Waals surface area contributed by atoms with Crippen LogP contribution in [0.1, 0.15) is 13.8 Å². The maximum absolute atomic E-state index is 3.52. The number of halogens is 3. The lowest BCUT2D eigenvalue weighted by molar-refractivity contribution is 1.50. The average molecular weight is 573 g/mol. The van der Waals surface area contributed by atoms with Crippen LogP contribution in [0.5, 0.6) is 0 Å². The van der Waals surface area contributed by atoms with E-state index in [2.05, 4.69) is 139 Å². The highest BCUT2D eigenvalue weighted by Crippen LogP contribution is 2.34. The highest BCUT2D eigenvalue weighted by atomic mass is 79.9. The van der Waals surface area contributed by atoms with E-state index in [1.54, 1.807) is 0 Å². The molecule has 0 unspecified atom stereocenters. The molecule has 4 rings (SSSR count). The Morgan fingerprint density at radius 3 is 0.759 bits per heavy atom. The molecule has 0 heterocycles. The van der Waals surface area contributed by atoms with Crippen molar-refractivity contribution >= 4 is 47.8 Å². The van der Waals surface area contributed by atoms with Crippen LogP contribution in [0.3, 0.4) is 0 Å². The Kier molecular flexibility index (Phi) is 7.88. The van der Waals surface area contributed by atoms with Gasteiger partial charge in [-0.15, -0.1) is 0 Å². The van der Waals surface area contributed by atoms with Crippen molar-refractivity contribution in [2.24, 2.45) is 0 Å². The van der Waals surface area contributed by atoms with Crippen molar-refractivity contribution in [1.82, 2.24) is 0 Å². The summed E-state index contributed by atoms with van der Waals surface area (Å²) in [6, 6.07) is 32.2. The second kappa shape index (κ2) is 10.4. The second-order valence-electron chi connectivity index (χ2n) is 6.32. The van der Waals surface area contributed by atoms with Gasteiger partial charge in [0.25, 0.3) is 0 Å². The van der Waals surface area contributed by atoms with Crippen molar-refractivity contribution in [2.75, 3.05) is 0 Å². The molecule has 4 aromatic rings. The van der Waals surface area contributed by atoms with Gasteiger partial charge in [0, 0.05) is 13.4 Å². The molecule has 0 radical (unpaired) electrons. The molecule has 0 amide bonds. The summed E-state index contributed by atoms with van der Waals surface area (Å²) < 4.78 is 3.26.